The summed E-state index contributed by atoms with van der Waals surface area (Å²) in [5, 5.41) is 6.50. The zero-order valence-corrected chi connectivity index (χ0v) is 16.0. The van der Waals surface area contributed by atoms with Crippen LogP contribution >= 0.6 is 0 Å². The van der Waals surface area contributed by atoms with Gasteiger partial charge in [-0.3, -0.25) is 0 Å². The van der Waals surface area contributed by atoms with Crippen LogP contribution in [0.4, 0.5) is 14.9 Å². The summed E-state index contributed by atoms with van der Waals surface area (Å²) in [6.45, 7) is 0. The summed E-state index contributed by atoms with van der Waals surface area (Å²) in [6.07, 6.45) is 1.42. The molecule has 0 aliphatic carbocycles. The maximum atomic E-state index is 13.0. The molecule has 0 spiro atoms. The van der Waals surface area contributed by atoms with Crippen LogP contribution in [0.2, 0.25) is 0 Å². The quantitative estimate of drug-likeness (QED) is 0.277. The number of carbonyl (C=O) groups excluding carboxylic acids is 2. The Morgan fingerprint density at radius 3 is 2.40 bits per heavy atom. The predicted octanol–water partition coefficient (Wildman–Crippen LogP) is 4.21. The van der Waals surface area contributed by atoms with Crippen LogP contribution < -0.4 is 20.2 Å². The molecule has 152 valence electrons. The molecule has 0 radical (unpaired) electrons. The summed E-state index contributed by atoms with van der Waals surface area (Å²) in [5.74, 6) is -0.602. The molecule has 0 saturated heterocycles. The van der Waals surface area contributed by atoms with Crippen LogP contribution in [0.25, 0.3) is 0 Å². The van der Waals surface area contributed by atoms with E-state index in [1.165, 1.54) is 43.7 Å². The van der Waals surface area contributed by atoms with E-state index in [-0.39, 0.29) is 11.3 Å². The van der Waals surface area contributed by atoms with Gasteiger partial charge in [0.1, 0.15) is 5.82 Å². The normalized spacial score (nSPS) is 10.5. The third-order valence-electron chi connectivity index (χ3n) is 3.88. The topological polar surface area (TPSA) is 89.0 Å². The van der Waals surface area contributed by atoms with Gasteiger partial charge >= 0.3 is 12.0 Å². The first-order valence-electron chi connectivity index (χ1n) is 8.86. The molecule has 0 aliphatic heterocycles. The van der Waals surface area contributed by atoms with Crippen LogP contribution in [0, 0.1) is 5.82 Å². The average molecular weight is 407 g/mol. The van der Waals surface area contributed by atoms with E-state index in [4.69, 9.17) is 9.47 Å². The summed E-state index contributed by atoms with van der Waals surface area (Å²) >= 11 is 0. The van der Waals surface area contributed by atoms with E-state index >= 15 is 0 Å². The Morgan fingerprint density at radius 2 is 1.70 bits per heavy atom. The number of anilines is 1. The third-order valence-corrected chi connectivity index (χ3v) is 3.88. The molecule has 30 heavy (non-hydrogen) atoms. The fourth-order valence-corrected chi connectivity index (χ4v) is 2.44. The number of carbonyl (C=O) groups is 2. The summed E-state index contributed by atoms with van der Waals surface area (Å²) in [5.41, 5.74) is 3.80. The lowest BCUT2D eigenvalue weighted by Gasteiger charge is -2.10. The molecule has 0 bridgehead atoms. The van der Waals surface area contributed by atoms with Gasteiger partial charge < -0.3 is 14.8 Å². The number of nitrogens with zero attached hydrogens (tertiary/aromatic N) is 1. The second-order valence-corrected chi connectivity index (χ2v) is 6.00. The molecular formula is C22H18FN3O4. The Labute approximate surface area is 172 Å². The van der Waals surface area contributed by atoms with Gasteiger partial charge in [0.15, 0.2) is 11.5 Å². The molecule has 3 aromatic rings. The number of hydrazone groups is 1. The first-order valence-corrected chi connectivity index (χ1v) is 8.86. The number of halogens is 1. The van der Waals surface area contributed by atoms with Crippen LogP contribution in [-0.2, 0) is 0 Å². The summed E-state index contributed by atoms with van der Waals surface area (Å²) in [4.78, 5) is 24.0. The molecule has 3 rings (SSSR count). The summed E-state index contributed by atoms with van der Waals surface area (Å²) in [7, 11) is 1.43. The van der Waals surface area contributed by atoms with E-state index in [2.05, 4.69) is 15.8 Å². The Hall–Kier alpha value is -4.20. The van der Waals surface area contributed by atoms with Crippen LogP contribution in [0.15, 0.2) is 77.9 Å². The monoisotopic (exact) mass is 407 g/mol. The average Bonchev–Trinajstić information content (AvgIpc) is 2.75. The predicted molar refractivity (Wildman–Crippen MR) is 111 cm³/mol. The number of esters is 1. The van der Waals surface area contributed by atoms with E-state index < -0.39 is 17.8 Å². The van der Waals surface area contributed by atoms with Crippen molar-refractivity contribution in [3.63, 3.8) is 0 Å². The highest BCUT2D eigenvalue weighted by Crippen LogP contribution is 2.28. The highest BCUT2D eigenvalue weighted by molar-refractivity contribution is 5.92. The molecule has 0 unspecified atom stereocenters. The molecule has 3 aromatic carbocycles. The van der Waals surface area contributed by atoms with Crippen molar-refractivity contribution in [2.75, 3.05) is 12.4 Å². The fourth-order valence-electron chi connectivity index (χ4n) is 2.44. The van der Waals surface area contributed by atoms with Crippen molar-refractivity contribution < 1.29 is 23.5 Å². The fraction of sp³-hybridized carbons (Fsp3) is 0.0455. The number of nitrogens with one attached hydrogen (secondary N) is 2. The van der Waals surface area contributed by atoms with E-state index in [9.17, 15) is 14.0 Å². The van der Waals surface area contributed by atoms with Gasteiger partial charge in [0, 0.05) is 5.69 Å². The van der Waals surface area contributed by atoms with E-state index in [1.807, 2.05) is 6.07 Å². The number of rotatable bonds is 6. The third kappa shape index (κ3) is 5.65. The van der Waals surface area contributed by atoms with Gasteiger partial charge in [-0.15, -0.1) is 0 Å². The largest absolute Gasteiger partial charge is 0.493 e. The van der Waals surface area contributed by atoms with Gasteiger partial charge in [0.05, 0.1) is 18.9 Å². The van der Waals surface area contributed by atoms with Crippen molar-refractivity contribution >= 4 is 23.9 Å². The molecule has 0 aromatic heterocycles. The van der Waals surface area contributed by atoms with Crippen molar-refractivity contribution in [1.29, 1.82) is 0 Å². The molecule has 0 heterocycles. The van der Waals surface area contributed by atoms with Gasteiger partial charge in [-0.1, -0.05) is 18.2 Å². The smallest absolute Gasteiger partial charge is 0.343 e. The minimum absolute atomic E-state index is 0.193. The Balaban J connectivity index is 1.62. The van der Waals surface area contributed by atoms with Gasteiger partial charge in [0.2, 0.25) is 0 Å². The molecule has 2 N–H and O–H groups in total. The SMILES string of the molecule is COc1cc(/C=N\NC(=O)Nc2ccccc2)ccc1OC(=O)c1ccc(F)cc1. The van der Waals surface area contributed by atoms with Crippen molar-refractivity contribution in [2.24, 2.45) is 5.10 Å². The number of methoxy groups -OCH3 is 1. The van der Waals surface area contributed by atoms with Crippen molar-refractivity contribution in [3.8, 4) is 11.5 Å². The number of amides is 2. The molecule has 7 nitrogen and oxygen atoms in total. The highest BCUT2D eigenvalue weighted by atomic mass is 19.1. The Kier molecular flexibility index (Phi) is 6.73. The van der Waals surface area contributed by atoms with Crippen LogP contribution in [0.5, 0.6) is 11.5 Å². The minimum atomic E-state index is -0.644. The lowest BCUT2D eigenvalue weighted by molar-refractivity contribution is 0.0729. The molecular weight excluding hydrogens is 389 g/mol. The first-order chi connectivity index (χ1) is 14.5. The van der Waals surface area contributed by atoms with Crippen molar-refractivity contribution in [3.05, 3.63) is 89.7 Å². The van der Waals surface area contributed by atoms with E-state index in [1.54, 1.807) is 36.4 Å². The number of ether oxygens (including phenoxy) is 2. The Morgan fingerprint density at radius 1 is 0.967 bits per heavy atom. The van der Waals surface area contributed by atoms with Crippen molar-refractivity contribution in [1.82, 2.24) is 5.43 Å². The molecule has 0 fully saturated rings. The van der Waals surface area contributed by atoms with Crippen LogP contribution in [0.3, 0.4) is 0 Å². The summed E-state index contributed by atoms with van der Waals surface area (Å²) in [6, 6.07) is 18.2. The number of urea groups is 1. The molecule has 0 saturated carbocycles. The second-order valence-electron chi connectivity index (χ2n) is 6.00. The van der Waals surface area contributed by atoms with Crippen LogP contribution in [-0.4, -0.2) is 25.3 Å². The molecule has 8 heteroatoms. The van der Waals surface area contributed by atoms with E-state index in [0.717, 1.165) is 0 Å². The molecule has 0 aliphatic rings. The van der Waals surface area contributed by atoms with Crippen molar-refractivity contribution in [2.45, 2.75) is 0 Å². The first kappa shape index (κ1) is 20.5. The zero-order chi connectivity index (χ0) is 21.3. The highest BCUT2D eigenvalue weighted by Gasteiger charge is 2.13. The number of hydrogen-bond acceptors (Lipinski definition) is 5. The standard InChI is InChI=1S/C22H18FN3O4/c1-29-20-13-15(14-24-26-22(28)25-18-5-3-2-4-6-18)7-12-19(20)30-21(27)16-8-10-17(23)11-9-16/h2-14H,1H3,(H2,25,26,28)/b24-14-. The van der Waals surface area contributed by atoms with E-state index in [0.29, 0.717) is 17.0 Å². The lowest BCUT2D eigenvalue weighted by Crippen LogP contribution is -2.24. The molecule has 0 atom stereocenters. The summed E-state index contributed by atoms with van der Waals surface area (Å²) < 4.78 is 23.6. The van der Waals surface area contributed by atoms with Gasteiger partial charge in [-0.2, -0.15) is 5.10 Å². The number of benzene rings is 3. The van der Waals surface area contributed by atoms with Gasteiger partial charge in [0.25, 0.3) is 0 Å². The number of para-hydroxylation sites is 1. The second kappa shape index (κ2) is 9.83. The molecule has 2 amide bonds. The maximum absolute atomic E-state index is 13.0. The Bertz CT molecular complexity index is 1050. The van der Waals surface area contributed by atoms with Crippen LogP contribution in [0.1, 0.15) is 15.9 Å². The number of hydrogen-bond donors (Lipinski definition) is 2. The van der Waals surface area contributed by atoms with Gasteiger partial charge in [-0.05, 0) is 60.2 Å². The van der Waals surface area contributed by atoms with Gasteiger partial charge in [-0.25, -0.2) is 19.4 Å². The minimum Gasteiger partial charge on any atom is -0.493 e. The zero-order valence-electron chi connectivity index (χ0n) is 16.0. The lowest BCUT2D eigenvalue weighted by atomic mass is 10.2. The maximum Gasteiger partial charge on any atom is 0.343 e.